The second-order valence-electron chi connectivity index (χ2n) is 8.13. The highest BCUT2D eigenvalue weighted by molar-refractivity contribution is 5.98. The van der Waals surface area contributed by atoms with Gasteiger partial charge in [0.2, 0.25) is 0 Å². The lowest BCUT2D eigenvalue weighted by molar-refractivity contribution is 0.0303. The topological polar surface area (TPSA) is 53.1 Å². The number of ether oxygens (including phenoxy) is 1. The number of rotatable bonds is 4. The number of likely N-dealkylation sites (tertiary alicyclic amines) is 1. The minimum Gasteiger partial charge on any atom is -0.378 e. The summed E-state index contributed by atoms with van der Waals surface area (Å²) in [6, 6.07) is 7.48. The number of nitrogens with zero attached hydrogens (tertiary/aromatic N) is 3. The molecule has 2 atom stereocenters. The minimum atomic E-state index is 0.00557. The first-order chi connectivity index (χ1) is 12.9. The standard InChI is InChI=1S/C21H31N3O3/c1-15(2)18-13-24(14-19(18)22(3)4)21(26)17-7-5-16(6-8-17)20(25)23-9-11-27-12-10-23/h5-8,15,18-19H,9-14H2,1-4H3. The molecule has 2 aliphatic rings. The predicted octanol–water partition coefficient (Wildman–Crippen LogP) is 1.82. The Hall–Kier alpha value is -1.92. The van der Waals surface area contributed by atoms with Crippen LogP contribution >= 0.6 is 0 Å². The molecular formula is C21H31N3O3. The number of likely N-dealkylation sites (N-methyl/N-ethyl adjacent to an activating group) is 1. The molecule has 2 fully saturated rings. The molecule has 2 heterocycles. The van der Waals surface area contributed by atoms with E-state index in [-0.39, 0.29) is 11.8 Å². The quantitative estimate of drug-likeness (QED) is 0.808. The molecule has 0 bridgehead atoms. The van der Waals surface area contributed by atoms with E-state index < -0.39 is 0 Å². The molecule has 0 radical (unpaired) electrons. The van der Waals surface area contributed by atoms with Crippen LogP contribution < -0.4 is 0 Å². The van der Waals surface area contributed by atoms with Crippen molar-refractivity contribution in [2.24, 2.45) is 11.8 Å². The summed E-state index contributed by atoms with van der Waals surface area (Å²) < 4.78 is 5.30. The fraction of sp³-hybridized carbons (Fsp3) is 0.619. The molecule has 0 saturated carbocycles. The van der Waals surface area contributed by atoms with Crippen LogP contribution in [0.15, 0.2) is 24.3 Å². The molecule has 3 rings (SSSR count). The molecule has 1 aromatic rings. The fourth-order valence-electron chi connectivity index (χ4n) is 4.07. The number of hydrogen-bond donors (Lipinski definition) is 0. The number of amides is 2. The van der Waals surface area contributed by atoms with E-state index in [1.807, 2.05) is 4.90 Å². The molecule has 6 heteroatoms. The summed E-state index contributed by atoms with van der Waals surface area (Å²) in [5.41, 5.74) is 1.27. The summed E-state index contributed by atoms with van der Waals surface area (Å²) in [4.78, 5) is 31.5. The number of hydrogen-bond acceptors (Lipinski definition) is 4. The summed E-state index contributed by atoms with van der Waals surface area (Å²) in [6.45, 7) is 8.40. The highest BCUT2D eigenvalue weighted by Gasteiger charge is 2.38. The second-order valence-corrected chi connectivity index (χ2v) is 8.13. The van der Waals surface area contributed by atoms with Gasteiger partial charge in [-0.15, -0.1) is 0 Å². The lowest BCUT2D eigenvalue weighted by Gasteiger charge is -2.27. The van der Waals surface area contributed by atoms with Crippen molar-refractivity contribution in [2.45, 2.75) is 19.9 Å². The Kier molecular flexibility index (Phi) is 6.17. The summed E-state index contributed by atoms with van der Waals surface area (Å²) in [5, 5.41) is 0. The van der Waals surface area contributed by atoms with Gasteiger partial charge in [0.1, 0.15) is 0 Å². The third kappa shape index (κ3) is 4.33. The van der Waals surface area contributed by atoms with Gasteiger partial charge < -0.3 is 19.4 Å². The monoisotopic (exact) mass is 373 g/mol. The van der Waals surface area contributed by atoms with Gasteiger partial charge in [-0.1, -0.05) is 13.8 Å². The zero-order valence-electron chi connectivity index (χ0n) is 16.9. The van der Waals surface area contributed by atoms with Crippen LogP contribution in [0.5, 0.6) is 0 Å². The van der Waals surface area contributed by atoms with Crippen molar-refractivity contribution in [1.82, 2.24) is 14.7 Å². The molecule has 0 N–H and O–H groups in total. The Morgan fingerprint density at radius 1 is 0.963 bits per heavy atom. The normalized spacial score (nSPS) is 23.3. The minimum absolute atomic E-state index is 0.00557. The van der Waals surface area contributed by atoms with Crippen LogP contribution in [0.2, 0.25) is 0 Å². The van der Waals surface area contributed by atoms with Crippen molar-refractivity contribution in [3.8, 4) is 0 Å². The van der Waals surface area contributed by atoms with Gasteiger partial charge in [0.25, 0.3) is 11.8 Å². The zero-order chi connectivity index (χ0) is 19.6. The summed E-state index contributed by atoms with van der Waals surface area (Å²) in [5.74, 6) is 1.07. The highest BCUT2D eigenvalue weighted by atomic mass is 16.5. The second kappa shape index (κ2) is 8.40. The SMILES string of the molecule is CC(C)C1CN(C(=O)c2ccc(C(=O)N3CCOCC3)cc2)CC1N(C)C. The van der Waals surface area contributed by atoms with E-state index in [4.69, 9.17) is 4.74 Å². The Bertz CT molecular complexity index is 650. The summed E-state index contributed by atoms with van der Waals surface area (Å²) >= 11 is 0. The van der Waals surface area contributed by atoms with Crippen LogP contribution in [0.4, 0.5) is 0 Å². The molecule has 148 valence electrons. The molecule has 0 aromatic heterocycles. The molecule has 0 aliphatic carbocycles. The Morgan fingerprint density at radius 2 is 1.48 bits per heavy atom. The lowest BCUT2D eigenvalue weighted by atomic mass is 9.91. The third-order valence-corrected chi connectivity index (χ3v) is 5.82. The average Bonchev–Trinajstić information content (AvgIpc) is 3.14. The van der Waals surface area contributed by atoms with E-state index in [1.165, 1.54) is 0 Å². The Morgan fingerprint density at radius 3 is 1.93 bits per heavy atom. The largest absolute Gasteiger partial charge is 0.378 e. The molecule has 27 heavy (non-hydrogen) atoms. The van der Waals surface area contributed by atoms with E-state index in [0.717, 1.165) is 13.1 Å². The van der Waals surface area contributed by atoms with Crippen LogP contribution in [-0.2, 0) is 4.74 Å². The van der Waals surface area contributed by atoms with E-state index >= 15 is 0 Å². The van der Waals surface area contributed by atoms with Crippen LogP contribution in [0.1, 0.15) is 34.6 Å². The van der Waals surface area contributed by atoms with Crippen molar-refractivity contribution in [1.29, 1.82) is 0 Å². The predicted molar refractivity (Wildman–Crippen MR) is 105 cm³/mol. The first kappa shape index (κ1) is 19.8. The smallest absolute Gasteiger partial charge is 0.254 e. The van der Waals surface area contributed by atoms with Gasteiger partial charge in [-0.25, -0.2) is 0 Å². The van der Waals surface area contributed by atoms with Crippen LogP contribution in [0.25, 0.3) is 0 Å². The van der Waals surface area contributed by atoms with Gasteiger partial charge in [-0.05, 0) is 50.2 Å². The van der Waals surface area contributed by atoms with Crippen molar-refractivity contribution < 1.29 is 14.3 Å². The van der Waals surface area contributed by atoms with Crippen LogP contribution in [-0.4, -0.2) is 86.0 Å². The van der Waals surface area contributed by atoms with Gasteiger partial charge in [0, 0.05) is 43.3 Å². The maximum atomic E-state index is 13.0. The number of carbonyl (C=O) groups is 2. The first-order valence-corrected chi connectivity index (χ1v) is 9.81. The first-order valence-electron chi connectivity index (χ1n) is 9.81. The summed E-state index contributed by atoms with van der Waals surface area (Å²) in [7, 11) is 4.17. The number of benzene rings is 1. The van der Waals surface area contributed by atoms with Gasteiger partial charge in [-0.2, -0.15) is 0 Å². The third-order valence-electron chi connectivity index (χ3n) is 5.82. The average molecular weight is 373 g/mol. The van der Waals surface area contributed by atoms with Gasteiger partial charge in [0.05, 0.1) is 13.2 Å². The van der Waals surface area contributed by atoms with Crippen LogP contribution in [0.3, 0.4) is 0 Å². The molecule has 2 saturated heterocycles. The molecule has 2 aliphatic heterocycles. The van der Waals surface area contributed by atoms with Gasteiger partial charge in [-0.3, -0.25) is 9.59 Å². The zero-order valence-corrected chi connectivity index (χ0v) is 16.9. The highest BCUT2D eigenvalue weighted by Crippen LogP contribution is 2.28. The Labute approximate surface area is 162 Å². The van der Waals surface area contributed by atoms with Gasteiger partial charge in [0.15, 0.2) is 0 Å². The van der Waals surface area contributed by atoms with E-state index in [0.29, 0.717) is 55.3 Å². The maximum Gasteiger partial charge on any atom is 0.254 e. The molecular weight excluding hydrogens is 342 g/mol. The van der Waals surface area contributed by atoms with Crippen molar-refractivity contribution in [3.63, 3.8) is 0 Å². The van der Waals surface area contributed by atoms with Gasteiger partial charge >= 0.3 is 0 Å². The molecule has 1 aromatic carbocycles. The molecule has 0 spiro atoms. The van der Waals surface area contributed by atoms with E-state index in [1.54, 1.807) is 29.2 Å². The van der Waals surface area contributed by atoms with E-state index in [2.05, 4.69) is 32.8 Å². The van der Waals surface area contributed by atoms with Crippen molar-refractivity contribution in [3.05, 3.63) is 35.4 Å². The van der Waals surface area contributed by atoms with Crippen LogP contribution in [0, 0.1) is 11.8 Å². The molecule has 2 unspecified atom stereocenters. The maximum absolute atomic E-state index is 13.0. The number of carbonyl (C=O) groups excluding carboxylic acids is 2. The molecule has 6 nitrogen and oxygen atoms in total. The summed E-state index contributed by atoms with van der Waals surface area (Å²) in [6.07, 6.45) is 0. The number of morpholine rings is 1. The lowest BCUT2D eigenvalue weighted by Crippen LogP contribution is -2.40. The van der Waals surface area contributed by atoms with Crippen molar-refractivity contribution in [2.75, 3.05) is 53.5 Å². The Balaban J connectivity index is 1.68. The molecule has 2 amide bonds. The fourth-order valence-corrected chi connectivity index (χ4v) is 4.07. The van der Waals surface area contributed by atoms with E-state index in [9.17, 15) is 9.59 Å². The van der Waals surface area contributed by atoms with Crippen molar-refractivity contribution >= 4 is 11.8 Å².